The summed E-state index contributed by atoms with van der Waals surface area (Å²) < 4.78 is 0. The molecule has 2 aromatic rings. The smallest absolute Gasteiger partial charge is 0.126 e. The van der Waals surface area contributed by atoms with Crippen LogP contribution in [0.1, 0.15) is 36.9 Å². The van der Waals surface area contributed by atoms with Crippen LogP contribution in [0, 0.1) is 5.41 Å². The Morgan fingerprint density at radius 2 is 1.95 bits per heavy atom. The lowest BCUT2D eigenvalue weighted by molar-refractivity contribution is 0.265. The Labute approximate surface area is 139 Å². The van der Waals surface area contributed by atoms with Crippen LogP contribution in [0.3, 0.4) is 0 Å². The molecule has 0 amide bonds. The molecular weight excluding hydrogens is 323 g/mol. The van der Waals surface area contributed by atoms with E-state index < -0.39 is 0 Å². The lowest BCUT2D eigenvalue weighted by Gasteiger charge is -2.34. The summed E-state index contributed by atoms with van der Waals surface area (Å²) in [4.78, 5) is 6.17. The van der Waals surface area contributed by atoms with E-state index in [0.717, 1.165) is 23.4 Å². The Balaban J connectivity index is 2.11. The van der Waals surface area contributed by atoms with Gasteiger partial charge in [-0.1, -0.05) is 43.1 Å². The molecular formula is C16H18Cl2N2S. The summed E-state index contributed by atoms with van der Waals surface area (Å²) in [6.45, 7) is 4.59. The van der Waals surface area contributed by atoms with E-state index in [1.807, 2.05) is 25.2 Å². The van der Waals surface area contributed by atoms with Gasteiger partial charge in [0.2, 0.25) is 0 Å². The van der Waals surface area contributed by atoms with Gasteiger partial charge in [0.15, 0.2) is 0 Å². The lowest BCUT2D eigenvalue weighted by Crippen LogP contribution is -2.30. The molecule has 1 N–H and O–H groups in total. The highest BCUT2D eigenvalue weighted by atomic mass is 35.5. The molecule has 5 heteroatoms. The number of halogens is 2. The molecule has 0 fully saturated rings. The van der Waals surface area contributed by atoms with Crippen molar-refractivity contribution in [3.8, 4) is 10.6 Å². The van der Waals surface area contributed by atoms with Crippen molar-refractivity contribution < 1.29 is 0 Å². The van der Waals surface area contributed by atoms with Crippen LogP contribution in [0.2, 0.25) is 10.0 Å². The molecule has 1 aromatic heterocycles. The summed E-state index contributed by atoms with van der Waals surface area (Å²) in [5, 5.41) is 5.66. The van der Waals surface area contributed by atoms with Crippen LogP contribution in [0.15, 0.2) is 18.2 Å². The molecule has 3 rings (SSSR count). The highest BCUT2D eigenvalue weighted by molar-refractivity contribution is 7.15. The van der Waals surface area contributed by atoms with E-state index in [2.05, 4.69) is 19.2 Å². The van der Waals surface area contributed by atoms with E-state index in [4.69, 9.17) is 28.2 Å². The highest BCUT2D eigenvalue weighted by Crippen LogP contribution is 2.46. The summed E-state index contributed by atoms with van der Waals surface area (Å²) in [7, 11) is 2.01. The lowest BCUT2D eigenvalue weighted by atomic mass is 9.76. The maximum absolute atomic E-state index is 6.32. The molecule has 21 heavy (non-hydrogen) atoms. The maximum Gasteiger partial charge on any atom is 0.126 e. The van der Waals surface area contributed by atoms with E-state index in [1.54, 1.807) is 11.3 Å². The van der Waals surface area contributed by atoms with Crippen LogP contribution in [0.4, 0.5) is 0 Å². The number of nitrogens with zero attached hydrogens (tertiary/aromatic N) is 1. The standard InChI is InChI=1S/C16H18Cl2N2S/c1-16(2)7-11(19-3)14-12(8-16)20-15(21-14)13-9(17)5-4-6-10(13)18/h4-6,11,19H,7-8H2,1-3H3. The number of fused-ring (bicyclic) bond motifs is 1. The zero-order chi connectivity index (χ0) is 15.2. The molecule has 0 aliphatic heterocycles. The van der Waals surface area contributed by atoms with E-state index in [1.165, 1.54) is 10.6 Å². The fourth-order valence-corrected chi connectivity index (χ4v) is 4.93. The topological polar surface area (TPSA) is 24.9 Å². The number of rotatable bonds is 2. The van der Waals surface area contributed by atoms with Crippen LogP contribution in [0.5, 0.6) is 0 Å². The first kappa shape index (κ1) is 15.3. The first-order chi connectivity index (χ1) is 9.91. The van der Waals surface area contributed by atoms with E-state index in [0.29, 0.717) is 16.1 Å². The minimum absolute atomic E-state index is 0.260. The van der Waals surface area contributed by atoms with Crippen molar-refractivity contribution in [2.75, 3.05) is 7.05 Å². The Morgan fingerprint density at radius 1 is 1.29 bits per heavy atom. The molecule has 1 atom stereocenters. The zero-order valence-corrected chi connectivity index (χ0v) is 14.7. The van der Waals surface area contributed by atoms with Crippen molar-refractivity contribution in [3.05, 3.63) is 38.8 Å². The molecule has 0 saturated carbocycles. The summed E-state index contributed by atoms with van der Waals surface area (Å²) in [5.74, 6) is 0. The quantitative estimate of drug-likeness (QED) is 0.796. The normalized spacial score (nSPS) is 20.3. The number of aromatic nitrogens is 1. The number of hydrogen-bond acceptors (Lipinski definition) is 3. The summed E-state index contributed by atoms with van der Waals surface area (Å²) in [5.41, 5.74) is 2.30. The van der Waals surface area contributed by atoms with Gasteiger partial charge in [0.1, 0.15) is 5.01 Å². The van der Waals surface area contributed by atoms with Gasteiger partial charge in [0, 0.05) is 16.5 Å². The van der Waals surface area contributed by atoms with Gasteiger partial charge >= 0.3 is 0 Å². The number of thiazole rings is 1. The molecule has 1 unspecified atom stereocenters. The van der Waals surface area contributed by atoms with Crippen LogP contribution in [-0.2, 0) is 6.42 Å². The van der Waals surface area contributed by atoms with Gasteiger partial charge in [0.25, 0.3) is 0 Å². The Bertz CT molecular complexity index is 659. The fourth-order valence-electron chi connectivity index (χ4n) is 2.98. The van der Waals surface area contributed by atoms with Gasteiger partial charge in [0.05, 0.1) is 15.7 Å². The van der Waals surface area contributed by atoms with Gasteiger partial charge in [-0.25, -0.2) is 4.98 Å². The molecule has 1 aromatic carbocycles. The Kier molecular flexibility index (Phi) is 4.04. The Morgan fingerprint density at radius 3 is 2.57 bits per heavy atom. The Hall–Kier alpha value is -0.610. The van der Waals surface area contributed by atoms with Crippen molar-refractivity contribution in [1.82, 2.24) is 10.3 Å². The molecule has 0 saturated heterocycles. The summed E-state index contributed by atoms with van der Waals surface area (Å²) in [6.07, 6.45) is 2.12. The maximum atomic E-state index is 6.32. The van der Waals surface area contributed by atoms with Crippen LogP contribution in [-0.4, -0.2) is 12.0 Å². The molecule has 0 radical (unpaired) electrons. The van der Waals surface area contributed by atoms with Gasteiger partial charge in [-0.2, -0.15) is 0 Å². The summed E-state index contributed by atoms with van der Waals surface area (Å²) in [6, 6.07) is 5.95. The molecule has 0 bridgehead atoms. The first-order valence-corrected chi connectivity index (χ1v) is 8.60. The van der Waals surface area contributed by atoms with E-state index in [9.17, 15) is 0 Å². The molecule has 112 valence electrons. The van der Waals surface area contributed by atoms with E-state index in [-0.39, 0.29) is 5.41 Å². The average Bonchev–Trinajstić information content (AvgIpc) is 2.79. The van der Waals surface area contributed by atoms with Crippen LogP contribution >= 0.6 is 34.5 Å². The zero-order valence-electron chi connectivity index (χ0n) is 12.3. The average molecular weight is 341 g/mol. The number of nitrogens with one attached hydrogen (secondary N) is 1. The SMILES string of the molecule is CNC1CC(C)(C)Cc2nc(-c3c(Cl)cccc3Cl)sc21. The van der Waals surface area contributed by atoms with Crippen molar-refractivity contribution >= 4 is 34.5 Å². The van der Waals surface area contributed by atoms with Crippen LogP contribution in [0.25, 0.3) is 10.6 Å². The molecule has 0 spiro atoms. The minimum Gasteiger partial charge on any atom is -0.312 e. The summed E-state index contributed by atoms with van der Waals surface area (Å²) >= 11 is 14.3. The number of benzene rings is 1. The number of hydrogen-bond donors (Lipinski definition) is 1. The first-order valence-electron chi connectivity index (χ1n) is 7.02. The highest BCUT2D eigenvalue weighted by Gasteiger charge is 2.34. The fraction of sp³-hybridized carbons (Fsp3) is 0.438. The van der Waals surface area contributed by atoms with Crippen molar-refractivity contribution in [2.24, 2.45) is 5.41 Å². The second-order valence-corrected chi connectivity index (χ2v) is 8.16. The third-order valence-electron chi connectivity index (χ3n) is 3.97. The van der Waals surface area contributed by atoms with Gasteiger partial charge in [-0.3, -0.25) is 0 Å². The monoisotopic (exact) mass is 340 g/mol. The van der Waals surface area contributed by atoms with Crippen molar-refractivity contribution in [3.63, 3.8) is 0 Å². The molecule has 1 aliphatic carbocycles. The second kappa shape index (κ2) is 5.54. The van der Waals surface area contributed by atoms with Gasteiger partial charge in [-0.05, 0) is 37.4 Å². The second-order valence-electron chi connectivity index (χ2n) is 6.31. The predicted molar refractivity (Wildman–Crippen MR) is 91.5 cm³/mol. The van der Waals surface area contributed by atoms with Gasteiger partial charge in [-0.15, -0.1) is 11.3 Å². The molecule has 2 nitrogen and oxygen atoms in total. The molecule has 1 heterocycles. The third-order valence-corrected chi connectivity index (χ3v) is 5.83. The predicted octanol–water partition coefficient (Wildman–Crippen LogP) is 5.35. The van der Waals surface area contributed by atoms with Gasteiger partial charge < -0.3 is 5.32 Å². The van der Waals surface area contributed by atoms with Crippen molar-refractivity contribution in [1.29, 1.82) is 0 Å². The minimum atomic E-state index is 0.260. The van der Waals surface area contributed by atoms with E-state index >= 15 is 0 Å². The van der Waals surface area contributed by atoms with Crippen LogP contribution < -0.4 is 5.32 Å². The molecule has 1 aliphatic rings. The van der Waals surface area contributed by atoms with Crippen molar-refractivity contribution in [2.45, 2.75) is 32.7 Å². The largest absolute Gasteiger partial charge is 0.312 e. The third kappa shape index (κ3) is 2.85.